The molecule has 0 radical (unpaired) electrons. The lowest BCUT2D eigenvalue weighted by Crippen LogP contribution is -1.97. The van der Waals surface area contributed by atoms with Crippen LogP contribution in [0, 0.1) is 0 Å². The molecule has 0 amide bonds. The number of hydrogen-bond acceptors (Lipinski definition) is 3. The molecule has 82 valence electrons. The van der Waals surface area contributed by atoms with Crippen LogP contribution in [0.25, 0.3) is 11.3 Å². The molecule has 16 heavy (non-hydrogen) atoms. The standard InChI is InChI=1S/C10H7ClN2O3/c11-9-7(10(15)16)8(12-13-9)5-2-1-3-6(14)4-5/h1-4,14H,(H,12,13)(H,15,16). The summed E-state index contributed by atoms with van der Waals surface area (Å²) in [5, 5.41) is 24.4. The monoisotopic (exact) mass is 238 g/mol. The van der Waals surface area contributed by atoms with Gasteiger partial charge in [-0.15, -0.1) is 0 Å². The number of aromatic amines is 1. The minimum atomic E-state index is -1.17. The van der Waals surface area contributed by atoms with Gasteiger partial charge in [0.25, 0.3) is 0 Å². The van der Waals surface area contributed by atoms with E-state index in [1.165, 1.54) is 12.1 Å². The van der Waals surface area contributed by atoms with E-state index in [2.05, 4.69) is 10.2 Å². The quantitative estimate of drug-likeness (QED) is 0.748. The number of carboxylic acids is 1. The number of carbonyl (C=O) groups is 1. The van der Waals surface area contributed by atoms with E-state index >= 15 is 0 Å². The summed E-state index contributed by atoms with van der Waals surface area (Å²) in [7, 11) is 0. The van der Waals surface area contributed by atoms with E-state index in [-0.39, 0.29) is 22.2 Å². The maximum Gasteiger partial charge on any atom is 0.341 e. The van der Waals surface area contributed by atoms with Crippen molar-refractivity contribution < 1.29 is 15.0 Å². The van der Waals surface area contributed by atoms with Crippen LogP contribution in [-0.4, -0.2) is 26.4 Å². The van der Waals surface area contributed by atoms with Gasteiger partial charge < -0.3 is 10.2 Å². The Morgan fingerprint density at radius 3 is 2.81 bits per heavy atom. The Hall–Kier alpha value is -2.01. The number of aromatic nitrogens is 2. The number of aromatic carboxylic acids is 1. The Kier molecular flexibility index (Phi) is 2.54. The lowest BCUT2D eigenvalue weighted by atomic mass is 10.1. The highest BCUT2D eigenvalue weighted by Gasteiger charge is 2.19. The Morgan fingerprint density at radius 1 is 1.44 bits per heavy atom. The molecule has 0 unspecified atom stereocenters. The number of hydrogen-bond donors (Lipinski definition) is 3. The summed E-state index contributed by atoms with van der Waals surface area (Å²) in [6.45, 7) is 0. The van der Waals surface area contributed by atoms with Crippen LogP contribution in [0.15, 0.2) is 24.3 Å². The maximum absolute atomic E-state index is 11.0. The predicted octanol–water partition coefficient (Wildman–Crippen LogP) is 2.13. The average Bonchev–Trinajstić information content (AvgIpc) is 2.60. The largest absolute Gasteiger partial charge is 0.508 e. The fourth-order valence-corrected chi connectivity index (χ4v) is 1.59. The van der Waals surface area contributed by atoms with Gasteiger partial charge in [0.05, 0.1) is 0 Å². The van der Waals surface area contributed by atoms with Crippen LogP contribution in [-0.2, 0) is 0 Å². The van der Waals surface area contributed by atoms with E-state index < -0.39 is 5.97 Å². The molecular formula is C10H7ClN2O3. The number of carboxylic acid groups (broad SMARTS) is 1. The number of benzene rings is 1. The van der Waals surface area contributed by atoms with Crippen molar-refractivity contribution in [3.8, 4) is 17.0 Å². The predicted molar refractivity (Wildman–Crippen MR) is 57.7 cm³/mol. The maximum atomic E-state index is 11.0. The third-order valence-corrected chi connectivity index (χ3v) is 2.33. The van der Waals surface area contributed by atoms with Gasteiger partial charge in [-0.3, -0.25) is 5.10 Å². The third-order valence-electron chi connectivity index (χ3n) is 2.06. The van der Waals surface area contributed by atoms with Crippen LogP contribution in [0.4, 0.5) is 0 Å². The minimum absolute atomic E-state index is 0.0351. The first-order valence-electron chi connectivity index (χ1n) is 4.36. The SMILES string of the molecule is O=C(O)c1c(-c2cccc(O)c2)n[nH]c1Cl. The molecule has 0 atom stereocenters. The lowest BCUT2D eigenvalue weighted by Gasteiger charge is -1.99. The molecule has 6 heteroatoms. The highest BCUT2D eigenvalue weighted by Crippen LogP contribution is 2.28. The third kappa shape index (κ3) is 1.72. The van der Waals surface area contributed by atoms with Crippen molar-refractivity contribution in [3.05, 3.63) is 35.0 Å². The second-order valence-corrected chi connectivity index (χ2v) is 3.49. The number of H-pyrrole nitrogens is 1. The molecule has 2 rings (SSSR count). The second kappa shape index (κ2) is 3.86. The van der Waals surface area contributed by atoms with Crippen molar-refractivity contribution >= 4 is 17.6 Å². The molecule has 1 aromatic carbocycles. The Labute approximate surface area is 95.3 Å². The normalized spacial score (nSPS) is 10.3. The molecule has 0 spiro atoms. The first kappa shape index (κ1) is 10.5. The number of halogens is 1. The smallest absolute Gasteiger partial charge is 0.341 e. The molecule has 0 saturated carbocycles. The van der Waals surface area contributed by atoms with E-state index in [1.807, 2.05) is 0 Å². The number of phenols is 1. The van der Waals surface area contributed by atoms with E-state index in [0.29, 0.717) is 5.56 Å². The number of rotatable bonds is 2. The fourth-order valence-electron chi connectivity index (χ4n) is 1.38. The van der Waals surface area contributed by atoms with Gasteiger partial charge in [-0.05, 0) is 12.1 Å². The number of phenolic OH excluding ortho intramolecular Hbond substituents is 1. The zero-order valence-electron chi connectivity index (χ0n) is 7.94. The lowest BCUT2D eigenvalue weighted by molar-refractivity contribution is 0.0698. The second-order valence-electron chi connectivity index (χ2n) is 3.12. The van der Waals surface area contributed by atoms with Crippen LogP contribution >= 0.6 is 11.6 Å². The van der Waals surface area contributed by atoms with Crippen LogP contribution in [0.5, 0.6) is 5.75 Å². The van der Waals surface area contributed by atoms with Crippen molar-refractivity contribution in [1.29, 1.82) is 0 Å². The molecule has 0 aliphatic carbocycles. The molecule has 0 aliphatic heterocycles. The van der Waals surface area contributed by atoms with Gasteiger partial charge in [-0.25, -0.2) is 4.79 Å². The number of aromatic hydroxyl groups is 1. The van der Waals surface area contributed by atoms with Gasteiger partial charge in [0, 0.05) is 5.56 Å². The highest BCUT2D eigenvalue weighted by molar-refractivity contribution is 6.33. The zero-order valence-corrected chi connectivity index (χ0v) is 8.69. The zero-order chi connectivity index (χ0) is 11.7. The summed E-state index contributed by atoms with van der Waals surface area (Å²) in [6.07, 6.45) is 0. The van der Waals surface area contributed by atoms with E-state index in [4.69, 9.17) is 16.7 Å². The summed E-state index contributed by atoms with van der Waals surface area (Å²) in [5.74, 6) is -1.13. The van der Waals surface area contributed by atoms with Gasteiger partial charge >= 0.3 is 5.97 Å². The van der Waals surface area contributed by atoms with Crippen molar-refractivity contribution in [2.45, 2.75) is 0 Å². The fraction of sp³-hybridized carbons (Fsp3) is 0. The Balaban J connectivity index is 2.60. The van der Waals surface area contributed by atoms with Crippen LogP contribution in [0.1, 0.15) is 10.4 Å². The summed E-state index contributed by atoms with van der Waals surface area (Å²) in [4.78, 5) is 11.0. The van der Waals surface area contributed by atoms with Gasteiger partial charge in [0.2, 0.25) is 0 Å². The van der Waals surface area contributed by atoms with Crippen molar-refractivity contribution in [3.63, 3.8) is 0 Å². The van der Waals surface area contributed by atoms with Crippen molar-refractivity contribution in [1.82, 2.24) is 10.2 Å². The molecular weight excluding hydrogens is 232 g/mol. The molecule has 2 aromatic rings. The molecule has 3 N–H and O–H groups in total. The molecule has 0 saturated heterocycles. The topological polar surface area (TPSA) is 86.2 Å². The molecule has 5 nitrogen and oxygen atoms in total. The van der Waals surface area contributed by atoms with E-state index in [9.17, 15) is 9.90 Å². The van der Waals surface area contributed by atoms with Crippen LogP contribution < -0.4 is 0 Å². The van der Waals surface area contributed by atoms with Gasteiger partial charge in [-0.2, -0.15) is 5.10 Å². The Morgan fingerprint density at radius 2 is 2.19 bits per heavy atom. The summed E-state index contributed by atoms with van der Waals surface area (Å²) in [5.41, 5.74) is 0.584. The molecule has 0 bridgehead atoms. The first-order chi connectivity index (χ1) is 7.59. The minimum Gasteiger partial charge on any atom is -0.508 e. The number of nitrogens with one attached hydrogen (secondary N) is 1. The Bertz CT molecular complexity index is 551. The molecule has 1 heterocycles. The van der Waals surface area contributed by atoms with Crippen molar-refractivity contribution in [2.24, 2.45) is 0 Å². The van der Waals surface area contributed by atoms with Gasteiger partial charge in [0.15, 0.2) is 0 Å². The summed E-state index contributed by atoms with van der Waals surface area (Å²) in [6, 6.07) is 6.13. The number of nitrogens with zero attached hydrogens (tertiary/aromatic N) is 1. The van der Waals surface area contributed by atoms with Gasteiger partial charge in [-0.1, -0.05) is 23.7 Å². The van der Waals surface area contributed by atoms with Crippen molar-refractivity contribution in [2.75, 3.05) is 0 Å². The summed E-state index contributed by atoms with van der Waals surface area (Å²) < 4.78 is 0. The first-order valence-corrected chi connectivity index (χ1v) is 4.74. The van der Waals surface area contributed by atoms with Crippen LogP contribution in [0.2, 0.25) is 5.15 Å². The molecule has 0 fully saturated rings. The average molecular weight is 239 g/mol. The van der Waals surface area contributed by atoms with Crippen LogP contribution in [0.3, 0.4) is 0 Å². The summed E-state index contributed by atoms with van der Waals surface area (Å²) >= 11 is 5.67. The molecule has 0 aliphatic rings. The van der Waals surface area contributed by atoms with E-state index in [0.717, 1.165) is 0 Å². The van der Waals surface area contributed by atoms with E-state index in [1.54, 1.807) is 12.1 Å². The highest BCUT2D eigenvalue weighted by atomic mass is 35.5. The molecule has 1 aromatic heterocycles. The van der Waals surface area contributed by atoms with Gasteiger partial charge in [0.1, 0.15) is 22.2 Å².